The molecule has 0 aliphatic carbocycles. The van der Waals surface area contributed by atoms with Gasteiger partial charge in [-0.3, -0.25) is 0 Å². The number of hydrogen-bond donors (Lipinski definition) is 0. The predicted molar refractivity (Wildman–Crippen MR) is 94.3 cm³/mol. The molecule has 1 aromatic carbocycles. The van der Waals surface area contributed by atoms with Crippen LogP contribution in [0.2, 0.25) is 0 Å². The molecule has 0 unspecified atom stereocenters. The number of rotatable bonds is 2. The lowest BCUT2D eigenvalue weighted by Gasteiger charge is -2.14. The van der Waals surface area contributed by atoms with Crippen molar-refractivity contribution in [2.24, 2.45) is 0 Å². The van der Waals surface area contributed by atoms with E-state index >= 15 is 0 Å². The highest BCUT2D eigenvalue weighted by atomic mass is 15.0. The summed E-state index contributed by atoms with van der Waals surface area (Å²) in [4.78, 5) is 0. The standard InChI is InChI=1S/C21H29N/c1-2-4-6-11-15-21-17-16-20(14-10-5-3-1)22(21)18-19-12-8-7-9-13-19/h7-9,12-13,16-17H,1-6,10-11,14-15,18H2. The Morgan fingerprint density at radius 1 is 0.591 bits per heavy atom. The van der Waals surface area contributed by atoms with Crippen LogP contribution >= 0.6 is 0 Å². The molecule has 22 heavy (non-hydrogen) atoms. The first-order valence-corrected chi connectivity index (χ1v) is 9.15. The number of aryl methyl sites for hydroxylation is 2. The van der Waals surface area contributed by atoms with E-state index in [4.69, 9.17) is 0 Å². The molecule has 1 aliphatic heterocycles. The molecule has 2 aromatic rings. The lowest BCUT2D eigenvalue weighted by atomic mass is 10.1. The molecule has 1 aromatic heterocycles. The van der Waals surface area contributed by atoms with Gasteiger partial charge in [0.25, 0.3) is 0 Å². The summed E-state index contributed by atoms with van der Waals surface area (Å²) in [6.07, 6.45) is 13.7. The van der Waals surface area contributed by atoms with Gasteiger partial charge in [-0.25, -0.2) is 0 Å². The van der Waals surface area contributed by atoms with E-state index < -0.39 is 0 Å². The summed E-state index contributed by atoms with van der Waals surface area (Å²) in [6, 6.07) is 15.7. The molecular weight excluding hydrogens is 266 g/mol. The maximum Gasteiger partial charge on any atom is 0.0475 e. The van der Waals surface area contributed by atoms with Crippen molar-refractivity contribution in [1.82, 2.24) is 4.57 Å². The largest absolute Gasteiger partial charge is 0.344 e. The zero-order valence-corrected chi connectivity index (χ0v) is 13.8. The van der Waals surface area contributed by atoms with Crippen LogP contribution in [0.5, 0.6) is 0 Å². The Labute approximate surface area is 135 Å². The quantitative estimate of drug-likeness (QED) is 0.664. The topological polar surface area (TPSA) is 4.93 Å². The third-order valence-corrected chi connectivity index (χ3v) is 4.96. The Morgan fingerprint density at radius 3 is 1.64 bits per heavy atom. The minimum absolute atomic E-state index is 1.04. The Hall–Kier alpha value is -1.50. The van der Waals surface area contributed by atoms with Gasteiger partial charge in [0.15, 0.2) is 0 Å². The molecule has 0 amide bonds. The van der Waals surface area contributed by atoms with E-state index in [9.17, 15) is 0 Å². The smallest absolute Gasteiger partial charge is 0.0475 e. The molecule has 0 atom stereocenters. The Bertz CT molecular complexity index is 523. The summed E-state index contributed by atoms with van der Waals surface area (Å²) in [5, 5.41) is 0. The van der Waals surface area contributed by atoms with Gasteiger partial charge in [-0.1, -0.05) is 68.9 Å². The van der Waals surface area contributed by atoms with Crippen LogP contribution in [0.4, 0.5) is 0 Å². The lowest BCUT2D eigenvalue weighted by Crippen LogP contribution is -2.08. The monoisotopic (exact) mass is 295 g/mol. The van der Waals surface area contributed by atoms with E-state index in [-0.39, 0.29) is 0 Å². The zero-order chi connectivity index (χ0) is 15.0. The molecule has 2 heterocycles. The minimum Gasteiger partial charge on any atom is -0.344 e. The average Bonchev–Trinajstić information content (AvgIpc) is 2.93. The van der Waals surface area contributed by atoms with Crippen LogP contribution in [0, 0.1) is 0 Å². The first kappa shape index (κ1) is 15.4. The fourth-order valence-corrected chi connectivity index (χ4v) is 3.64. The van der Waals surface area contributed by atoms with Gasteiger partial charge in [0, 0.05) is 17.9 Å². The molecule has 1 heteroatoms. The molecule has 0 N–H and O–H groups in total. The van der Waals surface area contributed by atoms with Gasteiger partial charge >= 0.3 is 0 Å². The van der Waals surface area contributed by atoms with Crippen LogP contribution in [-0.2, 0) is 19.4 Å². The Balaban J connectivity index is 1.77. The van der Waals surface area contributed by atoms with Crippen LogP contribution in [-0.4, -0.2) is 4.57 Å². The maximum absolute atomic E-state index is 2.59. The van der Waals surface area contributed by atoms with E-state index in [2.05, 4.69) is 47.0 Å². The Kier molecular flexibility index (Phi) is 5.75. The molecule has 0 radical (unpaired) electrons. The molecule has 0 saturated heterocycles. The Morgan fingerprint density at radius 2 is 1.09 bits per heavy atom. The maximum atomic E-state index is 2.59. The highest BCUT2D eigenvalue weighted by molar-refractivity contribution is 5.22. The fraction of sp³-hybridized carbons (Fsp3) is 0.524. The first-order chi connectivity index (χ1) is 10.9. The molecule has 1 aliphatic rings. The number of aromatic nitrogens is 1. The van der Waals surface area contributed by atoms with Crippen molar-refractivity contribution in [1.29, 1.82) is 0 Å². The molecule has 118 valence electrons. The number of hydrogen-bond acceptors (Lipinski definition) is 0. The van der Waals surface area contributed by atoms with Gasteiger partial charge in [-0.05, 0) is 43.4 Å². The molecule has 0 spiro atoms. The van der Waals surface area contributed by atoms with Crippen molar-refractivity contribution in [3.05, 3.63) is 59.4 Å². The van der Waals surface area contributed by atoms with Crippen LogP contribution in [0.3, 0.4) is 0 Å². The highest BCUT2D eigenvalue weighted by Gasteiger charge is 2.09. The number of benzene rings is 1. The van der Waals surface area contributed by atoms with Gasteiger partial charge in [0.1, 0.15) is 0 Å². The molecular formula is C21H29N. The van der Waals surface area contributed by atoms with Gasteiger partial charge in [0.05, 0.1) is 0 Å². The SMILES string of the molecule is c1ccc(Cn2c3ccc2CCCCCCCCCC3)cc1. The third-order valence-electron chi connectivity index (χ3n) is 4.96. The van der Waals surface area contributed by atoms with Crippen molar-refractivity contribution in [2.75, 3.05) is 0 Å². The molecule has 1 nitrogen and oxygen atoms in total. The second-order valence-electron chi connectivity index (χ2n) is 6.72. The molecule has 0 fully saturated rings. The molecule has 0 saturated carbocycles. The van der Waals surface area contributed by atoms with Crippen LogP contribution in [0.15, 0.2) is 42.5 Å². The molecule has 2 bridgehead atoms. The van der Waals surface area contributed by atoms with E-state index in [1.54, 1.807) is 0 Å². The fourth-order valence-electron chi connectivity index (χ4n) is 3.64. The van der Waals surface area contributed by atoms with Crippen LogP contribution in [0.1, 0.15) is 68.3 Å². The van der Waals surface area contributed by atoms with Crippen LogP contribution in [0.25, 0.3) is 0 Å². The van der Waals surface area contributed by atoms with Gasteiger partial charge in [-0.2, -0.15) is 0 Å². The van der Waals surface area contributed by atoms with Gasteiger partial charge in [0.2, 0.25) is 0 Å². The van der Waals surface area contributed by atoms with Crippen molar-refractivity contribution >= 4 is 0 Å². The second-order valence-corrected chi connectivity index (χ2v) is 6.72. The summed E-state index contributed by atoms with van der Waals surface area (Å²) < 4.78 is 2.59. The third kappa shape index (κ3) is 4.25. The summed E-state index contributed by atoms with van der Waals surface area (Å²) in [7, 11) is 0. The van der Waals surface area contributed by atoms with E-state index in [0.29, 0.717) is 0 Å². The predicted octanol–water partition coefficient (Wildman–Crippen LogP) is 5.76. The van der Waals surface area contributed by atoms with Gasteiger partial charge < -0.3 is 4.57 Å². The van der Waals surface area contributed by atoms with Crippen molar-refractivity contribution in [3.8, 4) is 0 Å². The minimum atomic E-state index is 1.04. The van der Waals surface area contributed by atoms with Gasteiger partial charge in [-0.15, -0.1) is 0 Å². The number of nitrogens with zero attached hydrogens (tertiary/aromatic N) is 1. The highest BCUT2D eigenvalue weighted by Crippen LogP contribution is 2.20. The zero-order valence-electron chi connectivity index (χ0n) is 13.8. The number of fused-ring (bicyclic) bond motifs is 2. The summed E-state index contributed by atoms with van der Waals surface area (Å²) >= 11 is 0. The van der Waals surface area contributed by atoms with Crippen molar-refractivity contribution < 1.29 is 0 Å². The van der Waals surface area contributed by atoms with E-state index in [1.807, 2.05) is 0 Å². The lowest BCUT2D eigenvalue weighted by molar-refractivity contribution is 0.569. The van der Waals surface area contributed by atoms with E-state index in [1.165, 1.54) is 81.2 Å². The first-order valence-electron chi connectivity index (χ1n) is 9.15. The van der Waals surface area contributed by atoms with Crippen LogP contribution < -0.4 is 0 Å². The van der Waals surface area contributed by atoms with Crippen molar-refractivity contribution in [3.63, 3.8) is 0 Å². The molecule has 3 rings (SSSR count). The average molecular weight is 295 g/mol. The summed E-state index contributed by atoms with van der Waals surface area (Å²) in [5.41, 5.74) is 4.50. The summed E-state index contributed by atoms with van der Waals surface area (Å²) in [6.45, 7) is 1.04. The van der Waals surface area contributed by atoms with Crippen molar-refractivity contribution in [2.45, 2.75) is 70.8 Å². The van der Waals surface area contributed by atoms with E-state index in [0.717, 1.165) is 6.54 Å². The second kappa shape index (κ2) is 8.22. The summed E-state index contributed by atoms with van der Waals surface area (Å²) in [5.74, 6) is 0. The normalized spacial score (nSPS) is 17.3.